The lowest BCUT2D eigenvalue weighted by molar-refractivity contribution is -0.146. The summed E-state index contributed by atoms with van der Waals surface area (Å²) in [5, 5.41) is 5.41. The Balaban J connectivity index is 1.74. The summed E-state index contributed by atoms with van der Waals surface area (Å²) in [4.78, 5) is 42.5. The minimum absolute atomic E-state index is 0.0837. The van der Waals surface area contributed by atoms with Crippen LogP contribution in [0.5, 0.6) is 0 Å². The summed E-state index contributed by atoms with van der Waals surface area (Å²) >= 11 is 0. The first-order valence-electron chi connectivity index (χ1n) is 10.4. The number of hydrogen-bond acceptors (Lipinski definition) is 5. The van der Waals surface area contributed by atoms with Gasteiger partial charge in [0.25, 0.3) is 0 Å². The molecule has 4 N–H and O–H groups in total. The van der Waals surface area contributed by atoms with Gasteiger partial charge in [0.2, 0.25) is 5.91 Å². The van der Waals surface area contributed by atoms with Crippen molar-refractivity contribution in [1.82, 2.24) is 15.2 Å². The zero-order chi connectivity index (χ0) is 22.5. The summed E-state index contributed by atoms with van der Waals surface area (Å²) in [6.45, 7) is 6.32. The quantitative estimate of drug-likeness (QED) is 0.653. The fourth-order valence-corrected chi connectivity index (χ4v) is 3.78. The van der Waals surface area contributed by atoms with Crippen molar-refractivity contribution in [2.24, 2.45) is 5.92 Å². The number of amides is 3. The van der Waals surface area contributed by atoms with E-state index >= 15 is 0 Å². The molecular formula is C23H29N5O3. The van der Waals surface area contributed by atoms with Crippen molar-refractivity contribution in [3.05, 3.63) is 53.2 Å². The van der Waals surface area contributed by atoms with Crippen LogP contribution < -0.4 is 16.4 Å². The second kappa shape index (κ2) is 9.59. The molecular weight excluding hydrogens is 394 g/mol. The highest BCUT2D eigenvalue weighted by Crippen LogP contribution is 2.33. The molecule has 2 atom stereocenters. The Morgan fingerprint density at radius 3 is 2.55 bits per heavy atom. The van der Waals surface area contributed by atoms with E-state index in [1.807, 2.05) is 24.3 Å². The van der Waals surface area contributed by atoms with Gasteiger partial charge in [0, 0.05) is 20.0 Å². The first kappa shape index (κ1) is 22.3. The fourth-order valence-electron chi connectivity index (χ4n) is 3.78. The molecule has 2 aromatic rings. The number of carbonyl (C=O) groups is 3. The van der Waals surface area contributed by atoms with Crippen LogP contribution in [0.3, 0.4) is 0 Å². The van der Waals surface area contributed by atoms with Crippen LogP contribution in [0.2, 0.25) is 0 Å². The third-order valence-corrected chi connectivity index (χ3v) is 5.56. The number of piperidine rings is 1. The molecule has 0 radical (unpaired) electrons. The maximum Gasteiger partial charge on any atom is 0.313 e. The maximum absolute atomic E-state index is 13.0. The molecule has 0 aliphatic carbocycles. The van der Waals surface area contributed by atoms with Gasteiger partial charge in [-0.1, -0.05) is 31.2 Å². The number of likely N-dealkylation sites (tertiary alicyclic amines) is 1. The van der Waals surface area contributed by atoms with Crippen molar-refractivity contribution in [2.75, 3.05) is 17.6 Å². The largest absolute Gasteiger partial charge is 0.383 e. The number of nitrogens with zero attached hydrogens (tertiary/aromatic N) is 2. The van der Waals surface area contributed by atoms with E-state index in [1.165, 1.54) is 13.1 Å². The van der Waals surface area contributed by atoms with Gasteiger partial charge in [0.1, 0.15) is 5.82 Å². The zero-order valence-corrected chi connectivity index (χ0v) is 18.1. The predicted octanol–water partition coefficient (Wildman–Crippen LogP) is 2.55. The van der Waals surface area contributed by atoms with Crippen LogP contribution in [0.4, 0.5) is 11.5 Å². The molecule has 8 nitrogen and oxygen atoms in total. The summed E-state index contributed by atoms with van der Waals surface area (Å²) in [5.41, 5.74) is 8.84. The number of carbonyl (C=O) groups excluding carboxylic acids is 3. The van der Waals surface area contributed by atoms with Crippen molar-refractivity contribution >= 4 is 29.2 Å². The van der Waals surface area contributed by atoms with E-state index in [0.717, 1.165) is 29.5 Å². The van der Waals surface area contributed by atoms with Crippen molar-refractivity contribution in [2.45, 2.75) is 46.2 Å². The molecule has 2 heterocycles. The topological polar surface area (TPSA) is 117 Å². The van der Waals surface area contributed by atoms with Gasteiger partial charge < -0.3 is 21.3 Å². The van der Waals surface area contributed by atoms with Crippen LogP contribution >= 0.6 is 0 Å². The van der Waals surface area contributed by atoms with E-state index in [9.17, 15) is 14.4 Å². The van der Waals surface area contributed by atoms with Gasteiger partial charge in [-0.2, -0.15) is 0 Å². The Morgan fingerprint density at radius 1 is 1.19 bits per heavy atom. The summed E-state index contributed by atoms with van der Waals surface area (Å²) in [6, 6.07) is 9.32. The number of benzene rings is 1. The molecule has 164 valence electrons. The zero-order valence-electron chi connectivity index (χ0n) is 18.1. The lowest BCUT2D eigenvalue weighted by atomic mass is 9.89. The molecule has 3 rings (SSSR count). The van der Waals surface area contributed by atoms with Crippen molar-refractivity contribution in [3.8, 4) is 0 Å². The Hall–Kier alpha value is -3.42. The average molecular weight is 424 g/mol. The van der Waals surface area contributed by atoms with E-state index in [1.54, 1.807) is 17.9 Å². The van der Waals surface area contributed by atoms with Gasteiger partial charge in [0.05, 0.1) is 17.9 Å². The lowest BCUT2D eigenvalue weighted by Crippen LogP contribution is -2.46. The van der Waals surface area contributed by atoms with E-state index in [0.29, 0.717) is 30.5 Å². The Kier molecular flexibility index (Phi) is 6.89. The number of aromatic nitrogens is 1. The number of nitrogen functional groups attached to an aromatic ring is 1. The van der Waals surface area contributed by atoms with Gasteiger partial charge in [-0.15, -0.1) is 0 Å². The second-order valence-electron chi connectivity index (χ2n) is 8.19. The molecule has 0 unspecified atom stereocenters. The average Bonchev–Trinajstić information content (AvgIpc) is 2.74. The van der Waals surface area contributed by atoms with Crippen LogP contribution in [0.1, 0.15) is 49.4 Å². The normalized spacial score (nSPS) is 18.4. The summed E-state index contributed by atoms with van der Waals surface area (Å²) in [6.07, 6.45) is 3.20. The van der Waals surface area contributed by atoms with E-state index < -0.39 is 11.8 Å². The summed E-state index contributed by atoms with van der Waals surface area (Å²) in [7, 11) is 0. The van der Waals surface area contributed by atoms with Crippen molar-refractivity contribution < 1.29 is 14.4 Å². The molecule has 1 saturated heterocycles. The second-order valence-corrected chi connectivity index (χ2v) is 8.19. The molecule has 8 heteroatoms. The number of rotatable bonds is 4. The van der Waals surface area contributed by atoms with Gasteiger partial charge in [0.15, 0.2) is 0 Å². The Morgan fingerprint density at radius 2 is 1.90 bits per heavy atom. The smallest absolute Gasteiger partial charge is 0.313 e. The molecule has 0 bridgehead atoms. The number of nitrogens with two attached hydrogens (primary N) is 1. The lowest BCUT2D eigenvalue weighted by Gasteiger charge is -2.38. The van der Waals surface area contributed by atoms with Crippen LogP contribution in [-0.2, 0) is 20.9 Å². The fraction of sp³-hybridized carbons (Fsp3) is 0.391. The molecule has 1 aliphatic heterocycles. The van der Waals surface area contributed by atoms with E-state index in [4.69, 9.17) is 5.73 Å². The third kappa shape index (κ3) is 5.59. The summed E-state index contributed by atoms with van der Waals surface area (Å²) in [5.74, 6) is -0.635. The first-order valence-corrected chi connectivity index (χ1v) is 10.4. The molecule has 1 aromatic carbocycles. The van der Waals surface area contributed by atoms with Gasteiger partial charge in [-0.05, 0) is 48.4 Å². The van der Waals surface area contributed by atoms with Gasteiger partial charge in [-0.3, -0.25) is 14.4 Å². The minimum atomic E-state index is -0.688. The summed E-state index contributed by atoms with van der Waals surface area (Å²) < 4.78 is 0. The highest BCUT2D eigenvalue weighted by molar-refractivity contribution is 6.39. The van der Waals surface area contributed by atoms with Crippen LogP contribution in [0.15, 0.2) is 36.5 Å². The number of aryl methyl sites for hydroxylation is 1. The highest BCUT2D eigenvalue weighted by Gasteiger charge is 2.34. The molecule has 1 aromatic heterocycles. The van der Waals surface area contributed by atoms with Gasteiger partial charge in [-0.25, -0.2) is 4.98 Å². The van der Waals surface area contributed by atoms with Crippen LogP contribution in [0.25, 0.3) is 0 Å². The number of hydrogen-bond donors (Lipinski definition) is 3. The van der Waals surface area contributed by atoms with Gasteiger partial charge >= 0.3 is 11.8 Å². The first-order chi connectivity index (χ1) is 14.7. The highest BCUT2D eigenvalue weighted by atomic mass is 16.2. The van der Waals surface area contributed by atoms with Crippen LogP contribution in [0, 0.1) is 12.8 Å². The maximum atomic E-state index is 13.0. The van der Waals surface area contributed by atoms with Crippen LogP contribution in [-0.4, -0.2) is 34.2 Å². The Labute approximate surface area is 182 Å². The van der Waals surface area contributed by atoms with E-state index in [-0.39, 0.29) is 11.9 Å². The van der Waals surface area contributed by atoms with Crippen molar-refractivity contribution in [3.63, 3.8) is 0 Å². The molecule has 0 spiro atoms. The number of nitrogens with one attached hydrogen (secondary N) is 2. The van der Waals surface area contributed by atoms with Crippen molar-refractivity contribution in [1.29, 1.82) is 0 Å². The monoisotopic (exact) mass is 423 g/mol. The molecule has 1 aliphatic rings. The molecule has 1 fully saturated rings. The number of pyridine rings is 1. The minimum Gasteiger partial charge on any atom is -0.383 e. The Bertz CT molecular complexity index is 974. The molecule has 0 saturated carbocycles. The number of anilines is 2. The molecule has 31 heavy (non-hydrogen) atoms. The molecule has 3 amide bonds. The van der Waals surface area contributed by atoms with E-state index in [2.05, 4.69) is 22.5 Å². The third-order valence-electron chi connectivity index (χ3n) is 5.56. The standard InChI is InChI=1S/C23H29N5O3/c1-14-4-9-20(18-7-5-17(6-8-18)11-25-16(3)29)28(13-14)23(31)22(30)27-19-10-15(2)21(24)26-12-19/h5-8,10,12,14,20H,4,9,11,13H2,1-3H3,(H2,24,26)(H,25,29)(H,27,30)/t14-,20+/m0/s1. The SMILES string of the molecule is CC(=O)NCc1ccc([C@H]2CC[C@H](C)CN2C(=O)C(=O)Nc2cnc(N)c(C)c2)cc1. The predicted molar refractivity (Wildman–Crippen MR) is 119 cm³/mol.